The number of carbonyl (C=O) groups excluding carboxylic acids is 3. The molecule has 0 spiro atoms. The van der Waals surface area contributed by atoms with Gasteiger partial charge in [0, 0.05) is 19.5 Å². The predicted octanol–water partition coefficient (Wildman–Crippen LogP) is -1.42. The Balaban J connectivity index is 3.70. The summed E-state index contributed by atoms with van der Waals surface area (Å²) in [5.74, 6) is -1.66. The molecule has 15 heavy (non-hydrogen) atoms. The highest BCUT2D eigenvalue weighted by Gasteiger charge is 2.12. The van der Waals surface area contributed by atoms with E-state index in [0.717, 1.165) is 0 Å². The van der Waals surface area contributed by atoms with Crippen LogP contribution in [0.2, 0.25) is 0 Å². The van der Waals surface area contributed by atoms with Crippen molar-refractivity contribution in [2.45, 2.75) is 26.4 Å². The molecular formula is C9H16N2O4. The summed E-state index contributed by atoms with van der Waals surface area (Å²) >= 11 is 0. The lowest BCUT2D eigenvalue weighted by Gasteiger charge is -2.06. The van der Waals surface area contributed by atoms with Crippen molar-refractivity contribution in [1.29, 1.82) is 0 Å². The van der Waals surface area contributed by atoms with Crippen LogP contribution < -0.4 is 10.6 Å². The van der Waals surface area contributed by atoms with Crippen LogP contribution in [0.3, 0.4) is 0 Å². The van der Waals surface area contributed by atoms with Gasteiger partial charge in [0.1, 0.15) is 5.78 Å². The van der Waals surface area contributed by atoms with E-state index in [1.807, 2.05) is 0 Å². The molecule has 0 heterocycles. The number of amides is 2. The van der Waals surface area contributed by atoms with Crippen molar-refractivity contribution in [3.05, 3.63) is 0 Å². The van der Waals surface area contributed by atoms with Crippen LogP contribution in [0, 0.1) is 0 Å². The fourth-order valence-corrected chi connectivity index (χ4v) is 0.753. The number of hydrogen-bond acceptors (Lipinski definition) is 4. The first-order valence-electron chi connectivity index (χ1n) is 4.67. The Bertz CT molecular complexity index is 250. The summed E-state index contributed by atoms with van der Waals surface area (Å²) in [6.45, 7) is 3.07. The fraction of sp³-hybridized carbons (Fsp3) is 0.667. The molecule has 3 N–H and O–H groups in total. The predicted molar refractivity (Wildman–Crippen MR) is 53.0 cm³/mol. The molecule has 0 aliphatic rings. The van der Waals surface area contributed by atoms with Crippen LogP contribution in [-0.2, 0) is 14.4 Å². The fourth-order valence-electron chi connectivity index (χ4n) is 0.753. The van der Waals surface area contributed by atoms with Gasteiger partial charge in [0.2, 0.25) is 0 Å². The van der Waals surface area contributed by atoms with Crippen LogP contribution in [-0.4, -0.2) is 41.9 Å². The van der Waals surface area contributed by atoms with E-state index < -0.39 is 17.9 Å². The Kier molecular flexibility index (Phi) is 6.28. The molecular weight excluding hydrogens is 200 g/mol. The second kappa shape index (κ2) is 6.94. The maximum absolute atomic E-state index is 11.0. The minimum absolute atomic E-state index is 0.0267. The van der Waals surface area contributed by atoms with Crippen LogP contribution in [0.1, 0.15) is 20.3 Å². The maximum atomic E-state index is 11.0. The molecule has 0 aliphatic heterocycles. The number of nitrogens with one attached hydrogen (secondary N) is 2. The van der Waals surface area contributed by atoms with E-state index in [1.54, 1.807) is 0 Å². The number of aliphatic hydroxyl groups is 1. The number of aliphatic hydroxyl groups excluding tert-OH is 1. The summed E-state index contributed by atoms with van der Waals surface area (Å²) < 4.78 is 0. The van der Waals surface area contributed by atoms with Crippen LogP contribution in [0.5, 0.6) is 0 Å². The third kappa shape index (κ3) is 7.63. The van der Waals surface area contributed by atoms with E-state index in [9.17, 15) is 14.4 Å². The average Bonchev–Trinajstić information content (AvgIpc) is 2.13. The second-order valence-electron chi connectivity index (χ2n) is 3.27. The molecule has 1 unspecified atom stereocenters. The lowest BCUT2D eigenvalue weighted by Crippen LogP contribution is -2.42. The van der Waals surface area contributed by atoms with Gasteiger partial charge in [-0.1, -0.05) is 0 Å². The molecule has 0 aromatic carbocycles. The van der Waals surface area contributed by atoms with Crippen LogP contribution >= 0.6 is 0 Å². The first kappa shape index (κ1) is 13.6. The highest BCUT2D eigenvalue weighted by molar-refractivity contribution is 6.35. The van der Waals surface area contributed by atoms with Gasteiger partial charge in [-0.25, -0.2) is 0 Å². The van der Waals surface area contributed by atoms with Crippen molar-refractivity contribution in [2.24, 2.45) is 0 Å². The summed E-state index contributed by atoms with van der Waals surface area (Å²) in [6.07, 6.45) is -0.492. The van der Waals surface area contributed by atoms with Crippen molar-refractivity contribution in [1.82, 2.24) is 10.6 Å². The number of Topliss-reactive ketones (excluding diaryl/α,β-unsaturated/α-hetero) is 1. The summed E-state index contributed by atoms with van der Waals surface area (Å²) in [6, 6.07) is 0. The largest absolute Gasteiger partial charge is 0.392 e. The van der Waals surface area contributed by atoms with Gasteiger partial charge in [-0.15, -0.1) is 0 Å². The normalized spacial score (nSPS) is 11.7. The van der Waals surface area contributed by atoms with Gasteiger partial charge in [0.15, 0.2) is 0 Å². The molecule has 0 radical (unpaired) electrons. The SMILES string of the molecule is CC(=O)CCNC(=O)C(=O)NCC(C)O. The minimum Gasteiger partial charge on any atom is -0.392 e. The smallest absolute Gasteiger partial charge is 0.309 e. The molecule has 2 amide bonds. The Morgan fingerprint density at radius 1 is 1.20 bits per heavy atom. The van der Waals surface area contributed by atoms with Gasteiger partial charge in [-0.05, 0) is 13.8 Å². The third-order valence-electron chi connectivity index (χ3n) is 1.53. The van der Waals surface area contributed by atoms with Crippen molar-refractivity contribution in [2.75, 3.05) is 13.1 Å². The molecule has 1 atom stereocenters. The van der Waals surface area contributed by atoms with Crippen molar-refractivity contribution >= 4 is 17.6 Å². The first-order valence-corrected chi connectivity index (χ1v) is 4.67. The topological polar surface area (TPSA) is 95.5 Å². The highest BCUT2D eigenvalue weighted by Crippen LogP contribution is 1.79. The molecule has 0 aromatic rings. The summed E-state index contributed by atoms with van der Waals surface area (Å²) in [7, 11) is 0. The van der Waals surface area contributed by atoms with Gasteiger partial charge >= 0.3 is 11.8 Å². The van der Waals surface area contributed by atoms with Crippen LogP contribution in [0.4, 0.5) is 0 Å². The van der Waals surface area contributed by atoms with E-state index in [2.05, 4.69) is 10.6 Å². The average molecular weight is 216 g/mol. The Morgan fingerprint density at radius 2 is 1.73 bits per heavy atom. The zero-order valence-electron chi connectivity index (χ0n) is 8.87. The van der Waals surface area contributed by atoms with Crippen LogP contribution in [0.15, 0.2) is 0 Å². The Morgan fingerprint density at radius 3 is 2.20 bits per heavy atom. The summed E-state index contributed by atoms with van der Waals surface area (Å²) in [5, 5.41) is 13.4. The molecule has 0 aromatic heterocycles. The van der Waals surface area contributed by atoms with E-state index in [-0.39, 0.29) is 25.3 Å². The summed E-state index contributed by atoms with van der Waals surface area (Å²) in [4.78, 5) is 32.6. The molecule has 0 bridgehead atoms. The molecule has 0 fully saturated rings. The van der Waals surface area contributed by atoms with Crippen molar-refractivity contribution in [3.63, 3.8) is 0 Å². The third-order valence-corrected chi connectivity index (χ3v) is 1.53. The molecule has 6 nitrogen and oxygen atoms in total. The van der Waals surface area contributed by atoms with Crippen molar-refractivity contribution < 1.29 is 19.5 Å². The number of rotatable bonds is 5. The Labute approximate surface area is 88.0 Å². The van der Waals surface area contributed by atoms with E-state index in [0.29, 0.717) is 0 Å². The van der Waals surface area contributed by atoms with Gasteiger partial charge in [0.05, 0.1) is 6.10 Å². The number of hydrogen-bond donors (Lipinski definition) is 3. The maximum Gasteiger partial charge on any atom is 0.309 e. The minimum atomic E-state index is -0.806. The lowest BCUT2D eigenvalue weighted by molar-refractivity contribution is -0.139. The molecule has 0 saturated carbocycles. The molecule has 6 heteroatoms. The van der Waals surface area contributed by atoms with E-state index in [1.165, 1.54) is 13.8 Å². The zero-order chi connectivity index (χ0) is 11.8. The molecule has 0 rings (SSSR count). The molecule has 0 saturated heterocycles. The van der Waals surface area contributed by atoms with Crippen LogP contribution in [0.25, 0.3) is 0 Å². The quantitative estimate of drug-likeness (QED) is 0.491. The van der Waals surface area contributed by atoms with Crippen molar-refractivity contribution in [3.8, 4) is 0 Å². The second-order valence-corrected chi connectivity index (χ2v) is 3.27. The standard InChI is InChI=1S/C9H16N2O4/c1-6(12)3-4-10-8(14)9(15)11-5-7(2)13/h7,13H,3-5H2,1-2H3,(H,10,14)(H,11,15). The van der Waals surface area contributed by atoms with Gasteiger partial charge < -0.3 is 15.7 Å². The number of carbonyl (C=O) groups is 3. The summed E-state index contributed by atoms with van der Waals surface area (Å²) in [5.41, 5.74) is 0. The lowest BCUT2D eigenvalue weighted by atomic mass is 10.3. The monoisotopic (exact) mass is 216 g/mol. The first-order chi connectivity index (χ1) is 6.93. The van der Waals surface area contributed by atoms with Gasteiger partial charge in [0.25, 0.3) is 0 Å². The van der Waals surface area contributed by atoms with E-state index >= 15 is 0 Å². The number of ketones is 1. The Hall–Kier alpha value is -1.43. The van der Waals surface area contributed by atoms with Gasteiger partial charge in [-0.3, -0.25) is 14.4 Å². The van der Waals surface area contributed by atoms with Gasteiger partial charge in [-0.2, -0.15) is 0 Å². The van der Waals surface area contributed by atoms with E-state index in [4.69, 9.17) is 5.11 Å². The zero-order valence-corrected chi connectivity index (χ0v) is 8.87. The highest BCUT2D eigenvalue weighted by atomic mass is 16.3. The molecule has 0 aliphatic carbocycles. The molecule has 86 valence electrons.